The summed E-state index contributed by atoms with van der Waals surface area (Å²) in [5, 5.41) is 0.999. The first-order valence-electron chi connectivity index (χ1n) is 8.15. The second-order valence-corrected chi connectivity index (χ2v) is 5.98. The Hall–Kier alpha value is -2.73. The monoisotopic (exact) mass is 321 g/mol. The molecule has 1 aromatic carbocycles. The highest BCUT2D eigenvalue weighted by molar-refractivity contribution is 6.08. The molecule has 0 aliphatic carbocycles. The first-order valence-corrected chi connectivity index (χ1v) is 8.15. The number of anilines is 1. The van der Waals surface area contributed by atoms with E-state index in [4.69, 9.17) is 0 Å². The molecule has 3 heterocycles. The van der Waals surface area contributed by atoms with Crippen molar-refractivity contribution in [3.05, 3.63) is 54.5 Å². The van der Waals surface area contributed by atoms with Crippen molar-refractivity contribution < 1.29 is 4.79 Å². The van der Waals surface area contributed by atoms with E-state index in [9.17, 15) is 4.79 Å². The molecule has 1 saturated heterocycles. The van der Waals surface area contributed by atoms with Crippen LogP contribution in [-0.2, 0) is 0 Å². The van der Waals surface area contributed by atoms with Gasteiger partial charge in [0.15, 0.2) is 5.78 Å². The Kier molecular flexibility index (Phi) is 3.96. The number of hydrogen-bond acceptors (Lipinski definition) is 5. The zero-order chi connectivity index (χ0) is 16.4. The van der Waals surface area contributed by atoms with Crippen LogP contribution in [0.4, 0.5) is 5.95 Å². The van der Waals surface area contributed by atoms with Gasteiger partial charge >= 0.3 is 0 Å². The Bertz CT molecular complexity index is 837. The van der Waals surface area contributed by atoms with Crippen LogP contribution in [0.5, 0.6) is 0 Å². The molecule has 0 atom stereocenters. The van der Waals surface area contributed by atoms with Crippen LogP contribution in [0.3, 0.4) is 0 Å². The number of aromatic nitrogens is 3. The summed E-state index contributed by atoms with van der Waals surface area (Å²) in [5.74, 6) is 0.928. The van der Waals surface area contributed by atoms with Crippen LogP contribution in [0.2, 0.25) is 0 Å². The third-order valence-corrected chi connectivity index (χ3v) is 4.46. The van der Waals surface area contributed by atoms with Crippen LogP contribution < -0.4 is 4.90 Å². The number of carbonyl (C=O) groups is 1. The van der Waals surface area contributed by atoms with Gasteiger partial charge in [0.05, 0.1) is 6.54 Å². The number of nitrogens with one attached hydrogen (secondary N) is 1. The average Bonchev–Trinajstić information content (AvgIpc) is 3.07. The number of nitrogens with zero attached hydrogens (tertiary/aromatic N) is 4. The molecule has 0 unspecified atom stereocenters. The van der Waals surface area contributed by atoms with Crippen LogP contribution in [0, 0.1) is 0 Å². The SMILES string of the molecule is O=C(CN1CCN(c2ncccn2)CC1)c1c[nH]c2ccccc12. The van der Waals surface area contributed by atoms with E-state index in [-0.39, 0.29) is 5.78 Å². The number of H-pyrrole nitrogens is 1. The highest BCUT2D eigenvalue weighted by Crippen LogP contribution is 2.19. The van der Waals surface area contributed by atoms with E-state index in [0.717, 1.165) is 48.6 Å². The molecule has 1 aliphatic heterocycles. The molecule has 1 N–H and O–H groups in total. The Labute approximate surface area is 140 Å². The number of ketones is 1. The molecular weight excluding hydrogens is 302 g/mol. The maximum atomic E-state index is 12.6. The number of benzene rings is 1. The van der Waals surface area contributed by atoms with Crippen LogP contribution in [0.1, 0.15) is 10.4 Å². The van der Waals surface area contributed by atoms with Gasteiger partial charge in [0.25, 0.3) is 0 Å². The summed E-state index contributed by atoms with van der Waals surface area (Å²) in [6.07, 6.45) is 5.34. The second-order valence-electron chi connectivity index (χ2n) is 5.98. The Morgan fingerprint density at radius 2 is 1.79 bits per heavy atom. The molecular formula is C18H19N5O. The summed E-state index contributed by atoms with van der Waals surface area (Å²) in [6.45, 7) is 3.81. The highest BCUT2D eigenvalue weighted by Gasteiger charge is 2.22. The summed E-state index contributed by atoms with van der Waals surface area (Å²) in [6, 6.07) is 9.73. The predicted molar refractivity (Wildman–Crippen MR) is 93.3 cm³/mol. The Morgan fingerprint density at radius 3 is 2.58 bits per heavy atom. The zero-order valence-electron chi connectivity index (χ0n) is 13.4. The quantitative estimate of drug-likeness (QED) is 0.744. The van der Waals surface area contributed by atoms with E-state index in [0.29, 0.717) is 6.54 Å². The fourth-order valence-electron chi connectivity index (χ4n) is 3.15. The molecule has 3 aromatic rings. The van der Waals surface area contributed by atoms with Crippen LogP contribution in [0.25, 0.3) is 10.9 Å². The molecule has 2 aromatic heterocycles. The summed E-state index contributed by atoms with van der Waals surface area (Å²) < 4.78 is 0. The molecule has 122 valence electrons. The fraction of sp³-hybridized carbons (Fsp3) is 0.278. The third kappa shape index (κ3) is 2.88. The number of piperazine rings is 1. The molecule has 0 bridgehead atoms. The lowest BCUT2D eigenvalue weighted by Gasteiger charge is -2.34. The van der Waals surface area contributed by atoms with E-state index < -0.39 is 0 Å². The lowest BCUT2D eigenvalue weighted by atomic mass is 10.1. The van der Waals surface area contributed by atoms with E-state index >= 15 is 0 Å². The average molecular weight is 321 g/mol. The van der Waals surface area contributed by atoms with Crippen LogP contribution >= 0.6 is 0 Å². The van der Waals surface area contributed by atoms with Crippen molar-refractivity contribution >= 4 is 22.6 Å². The van der Waals surface area contributed by atoms with Crippen molar-refractivity contribution in [3.8, 4) is 0 Å². The van der Waals surface area contributed by atoms with Crippen molar-refractivity contribution in [3.63, 3.8) is 0 Å². The molecule has 4 rings (SSSR count). The summed E-state index contributed by atoms with van der Waals surface area (Å²) in [4.78, 5) is 28.7. The summed E-state index contributed by atoms with van der Waals surface area (Å²) >= 11 is 0. The van der Waals surface area contributed by atoms with Gasteiger partial charge < -0.3 is 9.88 Å². The number of fused-ring (bicyclic) bond motifs is 1. The number of aromatic amines is 1. The van der Waals surface area contributed by atoms with Crippen LogP contribution in [0.15, 0.2) is 48.9 Å². The third-order valence-electron chi connectivity index (χ3n) is 4.46. The Balaban J connectivity index is 1.39. The first kappa shape index (κ1) is 14.8. The number of Topliss-reactive ketones (excluding diaryl/α,β-unsaturated/α-hetero) is 1. The van der Waals surface area contributed by atoms with Crippen molar-refractivity contribution in [2.45, 2.75) is 0 Å². The summed E-state index contributed by atoms with van der Waals surface area (Å²) in [7, 11) is 0. The maximum Gasteiger partial charge on any atom is 0.225 e. The summed E-state index contributed by atoms with van der Waals surface area (Å²) in [5.41, 5.74) is 1.78. The number of carbonyl (C=O) groups excluding carboxylic acids is 1. The molecule has 1 fully saturated rings. The molecule has 0 amide bonds. The molecule has 0 spiro atoms. The molecule has 6 nitrogen and oxygen atoms in total. The molecule has 24 heavy (non-hydrogen) atoms. The lowest BCUT2D eigenvalue weighted by Crippen LogP contribution is -2.48. The zero-order valence-corrected chi connectivity index (χ0v) is 13.4. The minimum absolute atomic E-state index is 0.164. The molecule has 0 radical (unpaired) electrons. The van der Waals surface area contributed by atoms with Gasteiger partial charge in [-0.25, -0.2) is 9.97 Å². The number of rotatable bonds is 4. The number of para-hydroxylation sites is 1. The lowest BCUT2D eigenvalue weighted by molar-refractivity contribution is 0.0928. The topological polar surface area (TPSA) is 65.1 Å². The standard InChI is InChI=1S/C18H19N5O/c24-17(15-12-21-16-5-2-1-4-14(15)16)13-22-8-10-23(11-9-22)18-19-6-3-7-20-18/h1-7,12,21H,8-11,13H2. The fourth-order valence-corrected chi connectivity index (χ4v) is 3.15. The van der Waals surface area contributed by atoms with Crippen molar-refractivity contribution in [2.75, 3.05) is 37.6 Å². The van der Waals surface area contributed by atoms with Gasteiger partial charge in [0, 0.05) is 61.2 Å². The second kappa shape index (κ2) is 6.41. The Morgan fingerprint density at radius 1 is 1.04 bits per heavy atom. The van der Waals surface area contributed by atoms with Gasteiger partial charge in [0.1, 0.15) is 0 Å². The minimum Gasteiger partial charge on any atom is -0.360 e. The predicted octanol–water partition coefficient (Wildman–Crippen LogP) is 1.96. The highest BCUT2D eigenvalue weighted by atomic mass is 16.1. The van der Waals surface area contributed by atoms with Gasteiger partial charge in [-0.3, -0.25) is 9.69 Å². The number of hydrogen-bond donors (Lipinski definition) is 1. The van der Waals surface area contributed by atoms with Crippen molar-refractivity contribution in [1.29, 1.82) is 0 Å². The van der Waals surface area contributed by atoms with Gasteiger partial charge in [-0.2, -0.15) is 0 Å². The van der Waals surface area contributed by atoms with Crippen LogP contribution in [-0.4, -0.2) is 58.4 Å². The van der Waals surface area contributed by atoms with Gasteiger partial charge in [-0.05, 0) is 12.1 Å². The minimum atomic E-state index is 0.164. The van der Waals surface area contributed by atoms with Gasteiger partial charge in [-0.15, -0.1) is 0 Å². The smallest absolute Gasteiger partial charge is 0.225 e. The first-order chi connectivity index (χ1) is 11.8. The maximum absolute atomic E-state index is 12.6. The van der Waals surface area contributed by atoms with E-state index in [1.807, 2.05) is 36.5 Å². The van der Waals surface area contributed by atoms with E-state index in [2.05, 4.69) is 24.8 Å². The van der Waals surface area contributed by atoms with E-state index in [1.54, 1.807) is 12.4 Å². The molecule has 6 heteroatoms. The molecule has 0 saturated carbocycles. The van der Waals surface area contributed by atoms with Gasteiger partial charge in [-0.1, -0.05) is 18.2 Å². The molecule has 1 aliphatic rings. The van der Waals surface area contributed by atoms with E-state index in [1.165, 1.54) is 0 Å². The van der Waals surface area contributed by atoms with Crippen molar-refractivity contribution in [2.24, 2.45) is 0 Å². The van der Waals surface area contributed by atoms with Gasteiger partial charge in [0.2, 0.25) is 5.95 Å². The van der Waals surface area contributed by atoms with Crippen molar-refractivity contribution in [1.82, 2.24) is 19.9 Å². The normalized spacial score (nSPS) is 15.8. The largest absolute Gasteiger partial charge is 0.360 e.